The molecule has 0 saturated heterocycles. The maximum absolute atomic E-state index is 12.6. The van der Waals surface area contributed by atoms with Gasteiger partial charge in [0.05, 0.1) is 0 Å². The second-order valence-electron chi connectivity index (χ2n) is 11.7. The van der Waals surface area contributed by atoms with Crippen LogP contribution in [0.2, 0.25) is 0 Å². The monoisotopic (exact) mass is 560 g/mol. The number of unbranched alkanes of at least 4 members (excludes halogenated alkanes) is 5. The highest BCUT2D eigenvalue weighted by Crippen LogP contribution is 2.42. The van der Waals surface area contributed by atoms with Crippen molar-refractivity contribution >= 4 is 12.3 Å². The minimum atomic E-state index is -0.134. The van der Waals surface area contributed by atoms with Crippen LogP contribution in [-0.4, -0.2) is 18.4 Å². The maximum Gasteiger partial charge on any atom is 0.306 e. The predicted molar refractivity (Wildman–Crippen MR) is 177 cm³/mol. The molecule has 0 aromatic carbocycles. The molecule has 41 heavy (non-hydrogen) atoms. The van der Waals surface area contributed by atoms with Crippen LogP contribution in [-0.2, 0) is 14.3 Å². The normalized spacial score (nSPS) is 18.6. The third kappa shape index (κ3) is 16.8. The number of aldehydes is 1. The molecule has 1 unspecified atom stereocenters. The molecule has 3 nitrogen and oxygen atoms in total. The van der Waals surface area contributed by atoms with E-state index in [1.807, 2.05) is 25.2 Å². The zero-order chi connectivity index (χ0) is 30.3. The highest BCUT2D eigenvalue weighted by atomic mass is 16.5. The number of esters is 1. The fourth-order valence-corrected chi connectivity index (χ4v) is 4.95. The Morgan fingerprint density at radius 3 is 2.22 bits per heavy atom. The molecule has 0 aliphatic heterocycles. The van der Waals surface area contributed by atoms with Gasteiger partial charge in [-0.15, -0.1) is 0 Å². The van der Waals surface area contributed by atoms with Crippen LogP contribution in [0.25, 0.3) is 0 Å². The molecule has 0 aromatic rings. The zero-order valence-corrected chi connectivity index (χ0v) is 26.8. The van der Waals surface area contributed by atoms with Gasteiger partial charge in [0.2, 0.25) is 0 Å². The molecule has 1 aliphatic rings. The van der Waals surface area contributed by atoms with Gasteiger partial charge in [-0.2, -0.15) is 0 Å². The number of ether oxygens (including phenoxy) is 1. The molecule has 0 N–H and O–H groups in total. The molecule has 0 amide bonds. The van der Waals surface area contributed by atoms with Gasteiger partial charge < -0.3 is 4.74 Å². The van der Waals surface area contributed by atoms with Crippen LogP contribution in [0.5, 0.6) is 0 Å². The van der Waals surface area contributed by atoms with E-state index in [1.54, 1.807) is 6.08 Å². The van der Waals surface area contributed by atoms with Crippen LogP contribution < -0.4 is 0 Å². The second-order valence-corrected chi connectivity index (χ2v) is 11.7. The summed E-state index contributed by atoms with van der Waals surface area (Å²) in [5.74, 6) is -0.0708. The molecular formula is C38H56O3. The summed E-state index contributed by atoms with van der Waals surface area (Å²) in [6.45, 7) is 12.8. The molecule has 0 spiro atoms. The largest absolute Gasteiger partial charge is 0.458 e. The van der Waals surface area contributed by atoms with Gasteiger partial charge in [-0.25, -0.2) is 0 Å². The number of hydrogen-bond acceptors (Lipinski definition) is 3. The summed E-state index contributed by atoms with van der Waals surface area (Å²) in [6.07, 6.45) is 38.1. The Bertz CT molecular complexity index is 1020. The number of rotatable bonds is 19. The van der Waals surface area contributed by atoms with Crippen LogP contribution in [0.4, 0.5) is 0 Å². The smallest absolute Gasteiger partial charge is 0.306 e. The van der Waals surface area contributed by atoms with Gasteiger partial charge in [0.25, 0.3) is 0 Å². The van der Waals surface area contributed by atoms with Crippen molar-refractivity contribution in [2.45, 2.75) is 125 Å². The summed E-state index contributed by atoms with van der Waals surface area (Å²) in [4.78, 5) is 23.2. The number of allylic oxidation sites excluding steroid dienone is 15. The lowest BCUT2D eigenvalue weighted by Crippen LogP contribution is -2.30. The SMILES string of the molecule is CC/C=C\C/C=C\C/C=C\CCCCCCCC(=O)OC1CCC(C)(C)C(C=CC(C)=CC=CC(C)=CC=O)=C1C. The standard InChI is InChI=1S/C38H56O3/c1-7-8-9-10-11-12-13-14-15-16-17-18-19-20-21-25-37(40)41-36-28-30-38(5,6)35(34(36)4)27-26-32(2)23-22-24-33(3)29-31-39/h8-9,11-12,14-15,22-24,26-27,29,31,36H,7,10,13,16-21,25,28,30H2,1-6H3/b9-8-,12-11-,15-14-,24-22?,27-26?,32-23?,33-29?. The number of carbonyl (C=O) groups excluding carboxylic acids is 2. The highest BCUT2D eigenvalue weighted by Gasteiger charge is 2.33. The minimum absolute atomic E-state index is 0.0423. The van der Waals surface area contributed by atoms with Gasteiger partial charge >= 0.3 is 5.97 Å². The molecule has 0 aromatic heterocycles. The Balaban J connectivity index is 2.42. The third-order valence-electron chi connectivity index (χ3n) is 7.54. The van der Waals surface area contributed by atoms with Gasteiger partial charge in [0.1, 0.15) is 12.4 Å². The van der Waals surface area contributed by atoms with E-state index in [9.17, 15) is 9.59 Å². The first-order valence-electron chi connectivity index (χ1n) is 15.7. The van der Waals surface area contributed by atoms with Crippen molar-refractivity contribution in [1.82, 2.24) is 0 Å². The van der Waals surface area contributed by atoms with Crippen molar-refractivity contribution in [3.05, 3.63) is 95.2 Å². The van der Waals surface area contributed by atoms with Gasteiger partial charge in [-0.1, -0.05) is 112 Å². The van der Waals surface area contributed by atoms with E-state index >= 15 is 0 Å². The van der Waals surface area contributed by atoms with Crippen molar-refractivity contribution in [2.24, 2.45) is 5.41 Å². The van der Waals surface area contributed by atoms with E-state index in [1.165, 1.54) is 24.8 Å². The van der Waals surface area contributed by atoms with Gasteiger partial charge in [0, 0.05) is 6.42 Å². The van der Waals surface area contributed by atoms with E-state index < -0.39 is 0 Å². The molecule has 0 fully saturated rings. The molecular weight excluding hydrogens is 504 g/mol. The van der Waals surface area contributed by atoms with E-state index in [-0.39, 0.29) is 17.5 Å². The van der Waals surface area contributed by atoms with Crippen LogP contribution in [0.15, 0.2) is 95.2 Å². The van der Waals surface area contributed by atoms with E-state index in [4.69, 9.17) is 4.74 Å². The topological polar surface area (TPSA) is 43.4 Å². The van der Waals surface area contributed by atoms with E-state index in [0.717, 1.165) is 74.4 Å². The third-order valence-corrected chi connectivity index (χ3v) is 7.54. The summed E-state index contributed by atoms with van der Waals surface area (Å²) in [6, 6.07) is 0. The van der Waals surface area contributed by atoms with Crippen LogP contribution in [0.3, 0.4) is 0 Å². The Morgan fingerprint density at radius 1 is 0.878 bits per heavy atom. The zero-order valence-electron chi connectivity index (χ0n) is 26.8. The van der Waals surface area contributed by atoms with Crippen molar-refractivity contribution in [2.75, 3.05) is 0 Å². The van der Waals surface area contributed by atoms with Gasteiger partial charge in [0.15, 0.2) is 0 Å². The molecule has 0 bridgehead atoms. The summed E-state index contributed by atoms with van der Waals surface area (Å²) in [5.41, 5.74) is 4.50. The van der Waals surface area contributed by atoms with Gasteiger partial charge in [-0.05, 0) is 100 Å². The number of carbonyl (C=O) groups is 2. The fourth-order valence-electron chi connectivity index (χ4n) is 4.95. The first kappa shape index (κ1) is 36.1. The molecule has 1 rings (SSSR count). The van der Waals surface area contributed by atoms with Gasteiger partial charge in [-0.3, -0.25) is 9.59 Å². The van der Waals surface area contributed by atoms with Crippen molar-refractivity contribution in [1.29, 1.82) is 0 Å². The van der Waals surface area contributed by atoms with E-state index in [2.05, 4.69) is 83.2 Å². The summed E-state index contributed by atoms with van der Waals surface area (Å²) in [7, 11) is 0. The fraction of sp³-hybridized carbons (Fsp3) is 0.526. The summed E-state index contributed by atoms with van der Waals surface area (Å²) in [5, 5.41) is 0. The minimum Gasteiger partial charge on any atom is -0.458 e. The van der Waals surface area contributed by atoms with Crippen LogP contribution >= 0.6 is 0 Å². The summed E-state index contributed by atoms with van der Waals surface area (Å²) < 4.78 is 5.96. The Labute approximate surface area is 251 Å². The Kier molecular flexibility index (Phi) is 19.2. The first-order valence-corrected chi connectivity index (χ1v) is 15.7. The maximum atomic E-state index is 12.6. The van der Waals surface area contributed by atoms with Crippen LogP contribution in [0, 0.1) is 5.41 Å². The molecule has 0 heterocycles. The van der Waals surface area contributed by atoms with Crippen molar-refractivity contribution in [3.8, 4) is 0 Å². The molecule has 226 valence electrons. The average molecular weight is 561 g/mol. The molecule has 0 saturated carbocycles. The van der Waals surface area contributed by atoms with Crippen LogP contribution in [0.1, 0.15) is 119 Å². The van der Waals surface area contributed by atoms with E-state index in [0.29, 0.717) is 6.42 Å². The molecule has 0 radical (unpaired) electrons. The molecule has 3 heteroatoms. The summed E-state index contributed by atoms with van der Waals surface area (Å²) >= 11 is 0. The molecule has 1 aliphatic carbocycles. The van der Waals surface area contributed by atoms with Crippen molar-refractivity contribution in [3.63, 3.8) is 0 Å². The quantitative estimate of drug-likeness (QED) is 0.0394. The van der Waals surface area contributed by atoms with Crippen molar-refractivity contribution < 1.29 is 14.3 Å². The lowest BCUT2D eigenvalue weighted by atomic mass is 9.71. The Hall–Kier alpha value is -2.94. The predicted octanol–water partition coefficient (Wildman–Crippen LogP) is 10.8. The number of hydrogen-bond donors (Lipinski definition) is 0. The average Bonchev–Trinajstić information content (AvgIpc) is 2.92. The lowest BCUT2D eigenvalue weighted by Gasteiger charge is -2.37. The second kappa shape index (κ2) is 21.8. The first-order chi connectivity index (χ1) is 19.7. The lowest BCUT2D eigenvalue weighted by molar-refractivity contribution is -0.148. The Morgan fingerprint density at radius 2 is 1.51 bits per heavy atom. The molecule has 1 atom stereocenters. The highest BCUT2D eigenvalue weighted by molar-refractivity contribution is 5.70.